The van der Waals surface area contributed by atoms with Gasteiger partial charge in [-0.05, 0) is 31.7 Å². The minimum Gasteiger partial charge on any atom is -0.195 e. The highest BCUT2D eigenvalue weighted by Gasteiger charge is 2.39. The Kier molecular flexibility index (Phi) is 6.76. The van der Waals surface area contributed by atoms with Gasteiger partial charge in [0.05, 0.1) is 0 Å². The first-order chi connectivity index (χ1) is 11.9. The summed E-state index contributed by atoms with van der Waals surface area (Å²) in [5.74, 6) is 0. The summed E-state index contributed by atoms with van der Waals surface area (Å²) >= 11 is 0. The maximum absolute atomic E-state index is 13.3. The third kappa shape index (κ3) is 4.69. The molecule has 0 amide bonds. The summed E-state index contributed by atoms with van der Waals surface area (Å²) in [6.45, 7) is 10.0. The lowest BCUT2D eigenvalue weighted by Crippen LogP contribution is -2.53. The van der Waals surface area contributed by atoms with Crippen LogP contribution in [0.2, 0.25) is 0 Å². The number of rotatable bonds is 8. The van der Waals surface area contributed by atoms with Crippen LogP contribution in [0.5, 0.6) is 0 Å². The van der Waals surface area contributed by atoms with Gasteiger partial charge in [0.15, 0.2) is 0 Å². The number of benzene rings is 1. The van der Waals surface area contributed by atoms with Crippen molar-refractivity contribution in [2.24, 2.45) is 0 Å². The van der Waals surface area contributed by atoms with Crippen molar-refractivity contribution < 1.29 is 8.42 Å². The normalized spacial score (nSPS) is 21.8. The molecule has 0 spiro atoms. The quantitative estimate of drug-likeness (QED) is 0.660. The predicted octanol–water partition coefficient (Wildman–Crippen LogP) is 3.90. The molecule has 136 valence electrons. The van der Waals surface area contributed by atoms with E-state index in [1.807, 2.05) is 30.3 Å². The van der Waals surface area contributed by atoms with Gasteiger partial charge >= 0.3 is 0 Å². The molecule has 0 N–H and O–H groups in total. The molecule has 1 aromatic rings. The van der Waals surface area contributed by atoms with Gasteiger partial charge in [0.1, 0.15) is 0 Å². The summed E-state index contributed by atoms with van der Waals surface area (Å²) in [5, 5.41) is 0. The van der Waals surface area contributed by atoms with Crippen LogP contribution in [0, 0.1) is 0 Å². The van der Waals surface area contributed by atoms with Gasteiger partial charge in [-0.15, -0.1) is 13.2 Å². The predicted molar refractivity (Wildman–Crippen MR) is 104 cm³/mol. The van der Waals surface area contributed by atoms with Crippen molar-refractivity contribution in [2.45, 2.75) is 44.8 Å². The Hall–Kier alpha value is -1.69. The highest BCUT2D eigenvalue weighted by atomic mass is 32.2. The number of nitrogens with zero attached hydrogens (tertiary/aromatic N) is 2. The highest BCUT2D eigenvalue weighted by molar-refractivity contribution is 7.86. The Morgan fingerprint density at radius 3 is 2.44 bits per heavy atom. The molecule has 1 heterocycles. The Balaban J connectivity index is 2.33. The molecule has 0 unspecified atom stereocenters. The van der Waals surface area contributed by atoms with Crippen LogP contribution < -0.4 is 0 Å². The molecular weight excluding hydrogens is 332 g/mol. The van der Waals surface area contributed by atoms with Crippen molar-refractivity contribution in [1.82, 2.24) is 8.61 Å². The molecule has 1 aliphatic heterocycles. The largest absolute Gasteiger partial charge is 0.282 e. The second-order valence-corrected chi connectivity index (χ2v) is 8.51. The molecule has 0 saturated heterocycles. The first-order valence-electron chi connectivity index (χ1n) is 8.58. The SMILES string of the molecule is C=CC[C@H]1CC(C)=C[C@H](CC=C)N1S(=O)(=O)N(C)Cc1ccccc1. The maximum Gasteiger partial charge on any atom is 0.282 e. The van der Waals surface area contributed by atoms with E-state index < -0.39 is 10.2 Å². The lowest BCUT2D eigenvalue weighted by Gasteiger charge is -2.41. The van der Waals surface area contributed by atoms with Crippen LogP contribution in [0.1, 0.15) is 31.7 Å². The van der Waals surface area contributed by atoms with Crippen molar-refractivity contribution >= 4 is 10.2 Å². The van der Waals surface area contributed by atoms with E-state index in [9.17, 15) is 8.42 Å². The maximum atomic E-state index is 13.3. The van der Waals surface area contributed by atoms with Crippen LogP contribution in [-0.4, -0.2) is 36.2 Å². The molecule has 0 aliphatic carbocycles. The van der Waals surface area contributed by atoms with Crippen LogP contribution in [0.15, 0.2) is 67.3 Å². The van der Waals surface area contributed by atoms with Crippen LogP contribution in [-0.2, 0) is 16.8 Å². The summed E-state index contributed by atoms with van der Waals surface area (Å²) in [5.41, 5.74) is 2.19. The third-order valence-corrected chi connectivity index (χ3v) is 6.50. The summed E-state index contributed by atoms with van der Waals surface area (Å²) in [4.78, 5) is 0. The zero-order valence-corrected chi connectivity index (χ0v) is 16.0. The fourth-order valence-corrected chi connectivity index (χ4v) is 5.03. The molecular formula is C20H28N2O2S. The fourth-order valence-electron chi connectivity index (χ4n) is 3.37. The van der Waals surface area contributed by atoms with Gasteiger partial charge in [-0.25, -0.2) is 0 Å². The molecule has 1 aromatic carbocycles. The topological polar surface area (TPSA) is 40.6 Å². The van der Waals surface area contributed by atoms with E-state index in [0.29, 0.717) is 19.4 Å². The first kappa shape index (κ1) is 19.6. The second-order valence-electron chi connectivity index (χ2n) is 6.57. The van der Waals surface area contributed by atoms with E-state index in [-0.39, 0.29) is 12.1 Å². The van der Waals surface area contributed by atoms with Crippen LogP contribution in [0.25, 0.3) is 0 Å². The van der Waals surface area contributed by atoms with Crippen LogP contribution in [0.3, 0.4) is 0 Å². The van der Waals surface area contributed by atoms with Gasteiger partial charge in [0, 0.05) is 25.7 Å². The Morgan fingerprint density at radius 2 is 1.84 bits per heavy atom. The lowest BCUT2D eigenvalue weighted by molar-refractivity contribution is 0.242. The van der Waals surface area contributed by atoms with Gasteiger partial charge in [-0.3, -0.25) is 0 Å². The van der Waals surface area contributed by atoms with Crippen LogP contribution >= 0.6 is 0 Å². The summed E-state index contributed by atoms with van der Waals surface area (Å²) in [7, 11) is -1.96. The van der Waals surface area contributed by atoms with Crippen molar-refractivity contribution in [3.8, 4) is 0 Å². The smallest absolute Gasteiger partial charge is 0.195 e. The van der Waals surface area contributed by atoms with E-state index >= 15 is 0 Å². The molecule has 5 heteroatoms. The summed E-state index contributed by atoms with van der Waals surface area (Å²) < 4.78 is 29.7. The molecule has 1 aliphatic rings. The Labute approximate surface area is 152 Å². The van der Waals surface area contributed by atoms with Gasteiger partial charge in [-0.2, -0.15) is 17.0 Å². The van der Waals surface area contributed by atoms with Gasteiger partial charge < -0.3 is 0 Å². The number of hydrogen-bond donors (Lipinski definition) is 0. The molecule has 0 aromatic heterocycles. The van der Waals surface area contributed by atoms with E-state index in [4.69, 9.17) is 0 Å². The average Bonchev–Trinajstić information content (AvgIpc) is 2.55. The molecule has 2 atom stereocenters. The Bertz CT molecular complexity index is 725. The molecule has 25 heavy (non-hydrogen) atoms. The minimum absolute atomic E-state index is 0.101. The zero-order valence-electron chi connectivity index (χ0n) is 15.1. The molecule has 0 bridgehead atoms. The molecule has 0 fully saturated rings. The van der Waals surface area contributed by atoms with Gasteiger partial charge in [0.25, 0.3) is 10.2 Å². The second kappa shape index (κ2) is 8.61. The molecule has 0 radical (unpaired) electrons. The van der Waals surface area contributed by atoms with E-state index in [1.54, 1.807) is 23.5 Å². The third-order valence-electron chi connectivity index (χ3n) is 4.48. The monoisotopic (exact) mass is 360 g/mol. The van der Waals surface area contributed by atoms with Crippen molar-refractivity contribution in [1.29, 1.82) is 0 Å². The summed E-state index contributed by atoms with van der Waals surface area (Å²) in [6.07, 6.45) is 7.60. The van der Waals surface area contributed by atoms with E-state index in [0.717, 1.165) is 12.0 Å². The standard InChI is InChI=1S/C20H28N2O2S/c1-5-10-19-14-17(3)15-20(11-6-2)22(19)25(23,24)21(4)16-18-12-8-7-9-13-18/h5-9,12-14,19-20H,1-2,10-11,15-16H2,3-4H3/t19-,20-/m0/s1. The Morgan fingerprint density at radius 1 is 1.20 bits per heavy atom. The van der Waals surface area contributed by atoms with Crippen molar-refractivity contribution in [2.75, 3.05) is 7.05 Å². The van der Waals surface area contributed by atoms with Crippen molar-refractivity contribution in [3.05, 3.63) is 72.9 Å². The first-order valence-corrected chi connectivity index (χ1v) is 9.97. The average molecular weight is 361 g/mol. The van der Waals surface area contributed by atoms with Crippen molar-refractivity contribution in [3.63, 3.8) is 0 Å². The molecule has 2 rings (SSSR count). The van der Waals surface area contributed by atoms with Gasteiger partial charge in [-0.1, -0.05) is 54.1 Å². The van der Waals surface area contributed by atoms with Gasteiger partial charge in [0.2, 0.25) is 0 Å². The molecule has 0 saturated carbocycles. The minimum atomic E-state index is -3.60. The lowest BCUT2D eigenvalue weighted by atomic mass is 9.95. The zero-order chi connectivity index (χ0) is 18.4. The highest BCUT2D eigenvalue weighted by Crippen LogP contribution is 2.31. The fraction of sp³-hybridized carbons (Fsp3) is 0.400. The van der Waals surface area contributed by atoms with Crippen LogP contribution in [0.4, 0.5) is 0 Å². The number of hydrogen-bond acceptors (Lipinski definition) is 2. The van der Waals surface area contributed by atoms with E-state index in [2.05, 4.69) is 26.2 Å². The molecule has 4 nitrogen and oxygen atoms in total. The van der Waals surface area contributed by atoms with E-state index in [1.165, 1.54) is 9.88 Å². The summed E-state index contributed by atoms with van der Waals surface area (Å²) in [6, 6.07) is 9.35.